The molecule has 152 valence electrons. The zero-order valence-electron chi connectivity index (χ0n) is 15.9. The van der Waals surface area contributed by atoms with Crippen LogP contribution in [-0.4, -0.2) is 39.1 Å². The van der Waals surface area contributed by atoms with Crippen LogP contribution in [-0.2, 0) is 27.4 Å². The number of ether oxygens (including phenoxy) is 1. The zero-order valence-corrected chi connectivity index (χ0v) is 17.4. The van der Waals surface area contributed by atoms with Crippen LogP contribution in [0, 0.1) is 0 Å². The highest BCUT2D eigenvalue weighted by Gasteiger charge is 2.27. The molecule has 8 heteroatoms. The van der Waals surface area contributed by atoms with Crippen LogP contribution >= 0.6 is 11.6 Å². The van der Waals surface area contributed by atoms with E-state index in [1.54, 1.807) is 48.2 Å². The number of hydrogen-bond donors (Lipinski definition) is 0. The van der Waals surface area contributed by atoms with Crippen molar-refractivity contribution in [3.63, 3.8) is 0 Å². The lowest BCUT2D eigenvalue weighted by molar-refractivity contribution is 0.108. The molecule has 0 N–H and O–H groups in total. The predicted octanol–water partition coefficient (Wildman–Crippen LogP) is 4.48. The summed E-state index contributed by atoms with van der Waals surface area (Å²) in [6.45, 7) is 3.02. The van der Waals surface area contributed by atoms with E-state index < -0.39 is 9.84 Å². The van der Waals surface area contributed by atoms with Crippen molar-refractivity contribution in [3.8, 4) is 0 Å². The van der Waals surface area contributed by atoms with Crippen LogP contribution in [0.25, 0.3) is 11.0 Å². The molecule has 0 radical (unpaired) electrons. The van der Waals surface area contributed by atoms with Crippen molar-refractivity contribution < 1.29 is 22.4 Å². The third kappa shape index (κ3) is 3.60. The largest absolute Gasteiger partial charge is 0.459 e. The number of carbonyl (C=O) groups is 1. The van der Waals surface area contributed by atoms with Crippen LogP contribution < -0.4 is 0 Å². The highest BCUT2D eigenvalue weighted by Crippen LogP contribution is 2.37. The second-order valence-corrected chi connectivity index (χ2v) is 9.14. The highest BCUT2D eigenvalue weighted by molar-refractivity contribution is 7.91. The molecule has 1 aliphatic rings. The van der Waals surface area contributed by atoms with Crippen molar-refractivity contribution in [3.05, 3.63) is 58.8 Å². The van der Waals surface area contributed by atoms with Gasteiger partial charge in [0, 0.05) is 30.5 Å². The number of halogens is 1. The Kier molecular flexibility index (Phi) is 5.27. The van der Waals surface area contributed by atoms with Crippen LogP contribution in [0.2, 0.25) is 5.02 Å². The minimum Gasteiger partial charge on any atom is -0.459 e. The van der Waals surface area contributed by atoms with E-state index in [9.17, 15) is 13.2 Å². The summed E-state index contributed by atoms with van der Waals surface area (Å²) in [4.78, 5) is 14.0. The summed E-state index contributed by atoms with van der Waals surface area (Å²) in [6.07, 6.45) is 0.694. The molecule has 0 aliphatic carbocycles. The highest BCUT2D eigenvalue weighted by atomic mass is 35.5. The molecule has 0 saturated carbocycles. The number of hydrogen-bond acceptors (Lipinski definition) is 5. The summed E-state index contributed by atoms with van der Waals surface area (Å²) in [5, 5.41) is 0.931. The Labute approximate surface area is 173 Å². The van der Waals surface area contributed by atoms with Gasteiger partial charge in [0.15, 0.2) is 5.58 Å². The average Bonchev–Trinajstić information content (AvgIpc) is 2.93. The van der Waals surface area contributed by atoms with E-state index in [0.29, 0.717) is 43.5 Å². The first-order valence-corrected chi connectivity index (χ1v) is 11.2. The van der Waals surface area contributed by atoms with Gasteiger partial charge >= 0.3 is 6.09 Å². The first kappa shape index (κ1) is 19.8. The summed E-state index contributed by atoms with van der Waals surface area (Å²) < 4.78 is 37.1. The molecule has 1 amide bonds. The smallest absolute Gasteiger partial charge is 0.409 e. The second-order valence-electron chi connectivity index (χ2n) is 6.79. The number of furan rings is 1. The molecule has 0 fully saturated rings. The Morgan fingerprint density at radius 2 is 1.86 bits per heavy atom. The Hall–Kier alpha value is -2.51. The number of carbonyl (C=O) groups excluding carboxylic acids is 1. The summed E-state index contributed by atoms with van der Waals surface area (Å²) in [6, 6.07) is 11.3. The van der Waals surface area contributed by atoms with E-state index in [4.69, 9.17) is 20.8 Å². The fraction of sp³-hybridized carbons (Fsp3) is 0.286. The van der Waals surface area contributed by atoms with Crippen LogP contribution in [0.15, 0.2) is 56.7 Å². The normalized spacial score (nSPS) is 14.5. The molecule has 2 aromatic carbocycles. The SMILES string of the molecule is CCOC(=O)N1CCc2oc3c(Cl)cc(S(=O)(=O)c4ccccc4)cc3c2CC1. The van der Waals surface area contributed by atoms with Gasteiger partial charge in [0.05, 0.1) is 21.4 Å². The van der Waals surface area contributed by atoms with Crippen molar-refractivity contribution in [2.24, 2.45) is 0 Å². The Balaban J connectivity index is 1.75. The third-order valence-corrected chi connectivity index (χ3v) is 7.06. The van der Waals surface area contributed by atoms with Gasteiger partial charge in [0.1, 0.15) is 5.76 Å². The van der Waals surface area contributed by atoms with E-state index >= 15 is 0 Å². The number of amides is 1. The molecule has 1 aliphatic heterocycles. The fourth-order valence-electron chi connectivity index (χ4n) is 3.59. The molecular weight excluding hydrogens is 414 g/mol. The first-order valence-electron chi connectivity index (χ1n) is 9.37. The van der Waals surface area contributed by atoms with E-state index in [2.05, 4.69) is 0 Å². The Bertz CT molecular complexity index is 1170. The van der Waals surface area contributed by atoms with E-state index in [1.807, 2.05) is 0 Å². The molecule has 3 aromatic rings. The van der Waals surface area contributed by atoms with Crippen LogP contribution in [0.4, 0.5) is 4.79 Å². The van der Waals surface area contributed by atoms with E-state index in [0.717, 1.165) is 11.3 Å². The summed E-state index contributed by atoms with van der Waals surface area (Å²) in [5.74, 6) is 0.725. The first-order chi connectivity index (χ1) is 13.9. The zero-order chi connectivity index (χ0) is 20.6. The predicted molar refractivity (Wildman–Crippen MR) is 109 cm³/mol. The standard InChI is InChI=1S/C21H20ClNO5S/c1-2-27-21(24)23-10-8-16-17-12-15(29(25,26)14-6-4-3-5-7-14)13-18(22)20(17)28-19(16)9-11-23/h3-7,12-13H,2,8-11H2,1H3. The van der Waals surface area contributed by atoms with Crippen LogP contribution in [0.1, 0.15) is 18.2 Å². The molecule has 29 heavy (non-hydrogen) atoms. The molecule has 4 rings (SSSR count). The summed E-state index contributed by atoms with van der Waals surface area (Å²) in [5.41, 5.74) is 1.37. The van der Waals surface area contributed by atoms with Crippen LogP contribution in [0.3, 0.4) is 0 Å². The van der Waals surface area contributed by atoms with Gasteiger partial charge in [-0.05, 0) is 37.6 Å². The lowest BCUT2D eigenvalue weighted by Gasteiger charge is -2.19. The molecule has 0 atom stereocenters. The lowest BCUT2D eigenvalue weighted by atomic mass is 10.1. The van der Waals surface area contributed by atoms with Crippen molar-refractivity contribution in [2.45, 2.75) is 29.6 Å². The van der Waals surface area contributed by atoms with Gasteiger partial charge in [-0.3, -0.25) is 0 Å². The minimum atomic E-state index is -3.71. The topological polar surface area (TPSA) is 76.8 Å². The van der Waals surface area contributed by atoms with Crippen molar-refractivity contribution in [1.82, 2.24) is 4.90 Å². The van der Waals surface area contributed by atoms with Gasteiger partial charge in [-0.25, -0.2) is 13.2 Å². The van der Waals surface area contributed by atoms with E-state index in [-0.39, 0.29) is 20.9 Å². The van der Waals surface area contributed by atoms with Gasteiger partial charge in [-0.1, -0.05) is 29.8 Å². The second kappa shape index (κ2) is 7.72. The van der Waals surface area contributed by atoms with Gasteiger partial charge in [0.2, 0.25) is 9.84 Å². The molecule has 0 unspecified atom stereocenters. The quantitative estimate of drug-likeness (QED) is 0.608. The minimum absolute atomic E-state index is 0.122. The number of nitrogens with zero attached hydrogens (tertiary/aromatic N) is 1. The molecule has 2 heterocycles. The lowest BCUT2D eigenvalue weighted by Crippen LogP contribution is -2.33. The van der Waals surface area contributed by atoms with Gasteiger partial charge in [-0.15, -0.1) is 0 Å². The molecule has 0 bridgehead atoms. The number of fused-ring (bicyclic) bond motifs is 3. The maximum absolute atomic E-state index is 13.0. The number of sulfone groups is 1. The molecular formula is C21H20ClNO5S. The van der Waals surface area contributed by atoms with Gasteiger partial charge in [-0.2, -0.15) is 0 Å². The van der Waals surface area contributed by atoms with E-state index in [1.165, 1.54) is 6.07 Å². The average molecular weight is 434 g/mol. The van der Waals surface area contributed by atoms with Crippen molar-refractivity contribution in [2.75, 3.05) is 19.7 Å². The van der Waals surface area contributed by atoms with Gasteiger partial charge < -0.3 is 14.1 Å². The van der Waals surface area contributed by atoms with Crippen LogP contribution in [0.5, 0.6) is 0 Å². The number of benzene rings is 2. The maximum atomic E-state index is 13.0. The summed E-state index contributed by atoms with van der Waals surface area (Å²) in [7, 11) is -3.71. The fourth-order valence-corrected chi connectivity index (χ4v) is 5.25. The molecule has 6 nitrogen and oxygen atoms in total. The molecule has 0 saturated heterocycles. The Morgan fingerprint density at radius 3 is 2.59 bits per heavy atom. The number of rotatable bonds is 3. The maximum Gasteiger partial charge on any atom is 0.409 e. The third-order valence-electron chi connectivity index (χ3n) is 5.03. The Morgan fingerprint density at radius 1 is 1.14 bits per heavy atom. The monoisotopic (exact) mass is 433 g/mol. The van der Waals surface area contributed by atoms with Crippen molar-refractivity contribution >= 4 is 38.5 Å². The van der Waals surface area contributed by atoms with Crippen molar-refractivity contribution in [1.29, 1.82) is 0 Å². The summed E-state index contributed by atoms with van der Waals surface area (Å²) >= 11 is 6.39. The molecule has 1 aromatic heterocycles. The van der Waals surface area contributed by atoms with Gasteiger partial charge in [0.25, 0.3) is 0 Å². The molecule has 0 spiro atoms.